The molecule has 1 aromatic heterocycles. The first-order valence-corrected chi connectivity index (χ1v) is 11.7. The van der Waals surface area contributed by atoms with Crippen molar-refractivity contribution in [2.75, 3.05) is 57.3 Å². The molecule has 0 aromatic carbocycles. The molecule has 2 atom stereocenters. The molecule has 3 fully saturated rings. The fraction of sp³-hybridized carbons (Fsp3) is 0.739. The van der Waals surface area contributed by atoms with Gasteiger partial charge >= 0.3 is 0 Å². The van der Waals surface area contributed by atoms with Gasteiger partial charge in [0.25, 0.3) is 0 Å². The fourth-order valence-corrected chi connectivity index (χ4v) is 5.20. The lowest BCUT2D eigenvalue weighted by molar-refractivity contribution is 0.270. The summed E-state index contributed by atoms with van der Waals surface area (Å²) in [6.07, 6.45) is 7.58. The summed E-state index contributed by atoms with van der Waals surface area (Å²) in [7, 11) is 0. The van der Waals surface area contributed by atoms with E-state index in [0.29, 0.717) is 0 Å². The fourth-order valence-electron chi connectivity index (χ4n) is 5.20. The van der Waals surface area contributed by atoms with Gasteiger partial charge in [-0.05, 0) is 55.8 Å². The second-order valence-electron chi connectivity index (χ2n) is 8.82. The van der Waals surface area contributed by atoms with Gasteiger partial charge < -0.3 is 20.0 Å². The quantitative estimate of drug-likeness (QED) is 0.362. The van der Waals surface area contributed by atoms with Gasteiger partial charge in [0.1, 0.15) is 5.82 Å². The third-order valence-electron chi connectivity index (χ3n) is 6.98. The van der Waals surface area contributed by atoms with Gasteiger partial charge in [-0.25, -0.2) is 9.98 Å². The first-order valence-electron chi connectivity index (χ1n) is 11.7. The summed E-state index contributed by atoms with van der Waals surface area (Å²) in [5, 5.41) is 3.54. The molecule has 7 heteroatoms. The van der Waals surface area contributed by atoms with Crippen LogP contribution in [0.25, 0.3) is 0 Å². The Labute approximate surface area is 199 Å². The van der Waals surface area contributed by atoms with Crippen LogP contribution in [0, 0.1) is 11.8 Å². The van der Waals surface area contributed by atoms with Crippen LogP contribution in [-0.4, -0.2) is 73.1 Å². The molecule has 2 unspecified atom stereocenters. The number of guanidine groups is 1. The molecule has 0 amide bonds. The second kappa shape index (κ2) is 11.5. The summed E-state index contributed by atoms with van der Waals surface area (Å²) in [6.45, 7) is 13.9. The van der Waals surface area contributed by atoms with Gasteiger partial charge in [0, 0.05) is 52.0 Å². The molecule has 2 saturated heterocycles. The molecule has 1 N–H and O–H groups in total. The van der Waals surface area contributed by atoms with Crippen LogP contribution in [0.1, 0.15) is 45.1 Å². The van der Waals surface area contributed by atoms with E-state index in [1.165, 1.54) is 44.3 Å². The number of anilines is 1. The van der Waals surface area contributed by atoms with E-state index in [-0.39, 0.29) is 24.0 Å². The maximum atomic E-state index is 5.01. The highest BCUT2D eigenvalue weighted by atomic mass is 127. The molecule has 30 heavy (non-hydrogen) atoms. The Morgan fingerprint density at radius 3 is 2.43 bits per heavy atom. The first-order chi connectivity index (χ1) is 14.3. The summed E-state index contributed by atoms with van der Waals surface area (Å²) in [4.78, 5) is 17.1. The molecule has 3 aliphatic rings. The zero-order chi connectivity index (χ0) is 20.1. The molecular weight excluding hydrogens is 487 g/mol. The molecule has 3 heterocycles. The minimum absolute atomic E-state index is 0. The number of hydrogen-bond donors (Lipinski definition) is 1. The maximum Gasteiger partial charge on any atom is 0.194 e. The molecule has 0 radical (unpaired) electrons. The van der Waals surface area contributed by atoms with Crippen LogP contribution < -0.4 is 10.2 Å². The summed E-state index contributed by atoms with van der Waals surface area (Å²) in [6, 6.07) is 4.35. The zero-order valence-corrected chi connectivity index (χ0v) is 21.1. The van der Waals surface area contributed by atoms with Crippen LogP contribution in [0.15, 0.2) is 23.3 Å². The van der Waals surface area contributed by atoms with Crippen molar-refractivity contribution in [3.8, 4) is 0 Å². The Morgan fingerprint density at radius 2 is 1.80 bits per heavy atom. The number of halogens is 1. The number of aliphatic imine (C=N–C) groups is 1. The molecule has 4 rings (SSSR count). The highest BCUT2D eigenvalue weighted by molar-refractivity contribution is 14.0. The molecule has 1 aromatic rings. The number of nitrogens with one attached hydrogen (secondary N) is 1. The third kappa shape index (κ3) is 5.78. The lowest BCUT2D eigenvalue weighted by Crippen LogP contribution is -2.46. The highest BCUT2D eigenvalue weighted by Gasteiger charge is 2.35. The van der Waals surface area contributed by atoms with E-state index in [0.717, 1.165) is 69.4 Å². The number of likely N-dealkylation sites (tertiary alicyclic amines) is 1. The Bertz CT molecular complexity index is 674. The predicted molar refractivity (Wildman–Crippen MR) is 136 cm³/mol. The molecule has 0 spiro atoms. The molecular formula is C23H39IN6. The Kier molecular flexibility index (Phi) is 9.04. The number of piperazine rings is 1. The van der Waals surface area contributed by atoms with Crippen LogP contribution in [0.4, 0.5) is 5.82 Å². The summed E-state index contributed by atoms with van der Waals surface area (Å²) < 4.78 is 0. The van der Waals surface area contributed by atoms with E-state index >= 15 is 0 Å². The van der Waals surface area contributed by atoms with Gasteiger partial charge in [-0.3, -0.25) is 0 Å². The van der Waals surface area contributed by atoms with Crippen molar-refractivity contribution in [3.63, 3.8) is 0 Å². The number of hydrogen-bond acceptors (Lipinski definition) is 4. The number of pyridine rings is 1. The van der Waals surface area contributed by atoms with Crippen molar-refractivity contribution in [2.45, 2.75) is 46.1 Å². The molecule has 1 saturated carbocycles. The normalized spacial score (nSPS) is 25.1. The second-order valence-corrected chi connectivity index (χ2v) is 8.82. The standard InChI is InChI=1S/C23H38N6.HI/c1-3-24-23(29-17-20-7-5-6-8-21(20)18-29)26-16-19-9-10-25-22(15-19)28-13-11-27(4-2)12-14-28;/h9-10,15,20-21H,3-8,11-14,16-18H2,1-2H3,(H,24,26);1H. The number of likely N-dealkylation sites (N-methyl/N-ethyl adjacent to an activating group) is 1. The van der Waals surface area contributed by atoms with Crippen molar-refractivity contribution in [1.29, 1.82) is 0 Å². The average molecular weight is 527 g/mol. The molecule has 1 aliphatic carbocycles. The van der Waals surface area contributed by atoms with Crippen LogP contribution in [0.3, 0.4) is 0 Å². The van der Waals surface area contributed by atoms with Crippen molar-refractivity contribution in [3.05, 3.63) is 23.9 Å². The van der Waals surface area contributed by atoms with Gasteiger partial charge in [-0.15, -0.1) is 24.0 Å². The predicted octanol–water partition coefficient (Wildman–Crippen LogP) is 3.43. The number of rotatable bonds is 5. The van der Waals surface area contributed by atoms with E-state index in [4.69, 9.17) is 4.99 Å². The minimum atomic E-state index is 0. The molecule has 168 valence electrons. The number of aromatic nitrogens is 1. The lowest BCUT2D eigenvalue weighted by Gasteiger charge is -2.34. The van der Waals surface area contributed by atoms with Gasteiger partial charge in [-0.2, -0.15) is 0 Å². The average Bonchev–Trinajstić information content (AvgIpc) is 3.21. The van der Waals surface area contributed by atoms with Crippen molar-refractivity contribution >= 4 is 35.8 Å². The minimum Gasteiger partial charge on any atom is -0.357 e. The van der Waals surface area contributed by atoms with Crippen LogP contribution >= 0.6 is 24.0 Å². The Morgan fingerprint density at radius 1 is 1.10 bits per heavy atom. The highest BCUT2D eigenvalue weighted by Crippen LogP contribution is 2.36. The monoisotopic (exact) mass is 526 g/mol. The van der Waals surface area contributed by atoms with Gasteiger partial charge in [0.2, 0.25) is 0 Å². The van der Waals surface area contributed by atoms with Gasteiger partial charge in [0.05, 0.1) is 6.54 Å². The number of fused-ring (bicyclic) bond motifs is 1. The summed E-state index contributed by atoms with van der Waals surface area (Å²) in [5.74, 6) is 3.95. The Hall–Kier alpha value is -1.09. The SMILES string of the molecule is CCNC(=NCc1ccnc(N2CCN(CC)CC2)c1)N1CC2CCCCC2C1.I. The smallest absolute Gasteiger partial charge is 0.194 e. The van der Waals surface area contributed by atoms with Gasteiger partial charge in [-0.1, -0.05) is 19.8 Å². The van der Waals surface area contributed by atoms with Crippen LogP contribution in [-0.2, 0) is 6.54 Å². The number of nitrogens with zero attached hydrogens (tertiary/aromatic N) is 5. The van der Waals surface area contributed by atoms with E-state index in [1.807, 2.05) is 6.20 Å². The summed E-state index contributed by atoms with van der Waals surface area (Å²) in [5.41, 5.74) is 1.25. The first kappa shape index (κ1) is 23.6. The van der Waals surface area contributed by atoms with Crippen LogP contribution in [0.5, 0.6) is 0 Å². The molecule has 2 aliphatic heterocycles. The zero-order valence-electron chi connectivity index (χ0n) is 18.7. The lowest BCUT2D eigenvalue weighted by atomic mass is 9.82. The van der Waals surface area contributed by atoms with Crippen molar-refractivity contribution in [1.82, 2.24) is 20.1 Å². The van der Waals surface area contributed by atoms with Crippen molar-refractivity contribution in [2.24, 2.45) is 16.8 Å². The van der Waals surface area contributed by atoms with Crippen molar-refractivity contribution < 1.29 is 0 Å². The van der Waals surface area contributed by atoms with Gasteiger partial charge in [0.15, 0.2) is 5.96 Å². The Balaban J connectivity index is 0.00000256. The largest absolute Gasteiger partial charge is 0.357 e. The third-order valence-corrected chi connectivity index (χ3v) is 6.98. The topological polar surface area (TPSA) is 47.0 Å². The van der Waals surface area contributed by atoms with E-state index in [1.54, 1.807) is 0 Å². The van der Waals surface area contributed by atoms with E-state index in [2.05, 4.69) is 51.0 Å². The van der Waals surface area contributed by atoms with Crippen LogP contribution in [0.2, 0.25) is 0 Å². The summed E-state index contributed by atoms with van der Waals surface area (Å²) >= 11 is 0. The molecule has 6 nitrogen and oxygen atoms in total. The maximum absolute atomic E-state index is 5.01. The van der Waals surface area contributed by atoms with E-state index < -0.39 is 0 Å². The molecule has 0 bridgehead atoms. The van der Waals surface area contributed by atoms with E-state index in [9.17, 15) is 0 Å².